The SMILES string of the molecule is CC(C)(C)c1ccc(O)c(C=N[C@@H]2CCCC[C@H]2N=Cc2cc(C(C)(C)C)ccc2O)c1.F[B-](F)(F)F.[Co]. The van der Waals surface area contributed by atoms with Crippen molar-refractivity contribution in [3.8, 4) is 11.5 Å². The summed E-state index contributed by atoms with van der Waals surface area (Å²) in [5.74, 6) is 0.503. The zero-order valence-electron chi connectivity index (χ0n) is 22.8. The molecule has 38 heavy (non-hydrogen) atoms. The van der Waals surface area contributed by atoms with Crippen LogP contribution in [-0.2, 0) is 27.6 Å². The molecule has 2 atom stereocenters. The van der Waals surface area contributed by atoms with Gasteiger partial charge in [-0.3, -0.25) is 9.98 Å². The van der Waals surface area contributed by atoms with E-state index >= 15 is 0 Å². The molecule has 0 aromatic heterocycles. The van der Waals surface area contributed by atoms with Gasteiger partial charge in [0, 0.05) is 40.3 Å². The zero-order chi connectivity index (χ0) is 28.0. The minimum Gasteiger partial charge on any atom is -0.507 e. The summed E-state index contributed by atoms with van der Waals surface area (Å²) >= 11 is 0. The van der Waals surface area contributed by atoms with Crippen molar-refractivity contribution in [1.29, 1.82) is 0 Å². The minimum absolute atomic E-state index is 0. The summed E-state index contributed by atoms with van der Waals surface area (Å²) in [5, 5.41) is 20.6. The standard InChI is InChI=1S/C28H38N2O2.BF4.Co/c1-27(2,3)21-11-13-25(31)19(15-21)17-29-23-9-7-8-10-24(23)30-18-20-16-22(28(4,5)6)12-14-26(20)32;2-1(3,4)5;/h11-18,23-24,31-32H,7-10H2,1-6H3;;/q;-1;/t23-,24-;;/m1../s1. The van der Waals surface area contributed by atoms with Crippen molar-refractivity contribution in [2.45, 2.75) is 90.1 Å². The molecule has 1 saturated carbocycles. The van der Waals surface area contributed by atoms with E-state index in [9.17, 15) is 27.5 Å². The Balaban J connectivity index is 0.00000110. The molecule has 1 aliphatic rings. The first-order chi connectivity index (χ1) is 16.9. The first-order valence-electron chi connectivity index (χ1n) is 12.6. The van der Waals surface area contributed by atoms with Gasteiger partial charge < -0.3 is 27.5 Å². The van der Waals surface area contributed by atoms with Gasteiger partial charge >= 0.3 is 7.25 Å². The van der Waals surface area contributed by atoms with Gasteiger partial charge in [-0.25, -0.2) is 0 Å². The topological polar surface area (TPSA) is 65.2 Å². The molecule has 0 heterocycles. The number of aliphatic imine (C=N–C) groups is 2. The molecular weight excluding hydrogens is 542 g/mol. The number of aromatic hydroxyl groups is 2. The molecule has 4 nitrogen and oxygen atoms in total. The number of phenols is 2. The van der Waals surface area contributed by atoms with Crippen LogP contribution in [0.5, 0.6) is 11.5 Å². The smallest absolute Gasteiger partial charge is 0.507 e. The van der Waals surface area contributed by atoms with E-state index in [1.807, 2.05) is 24.3 Å². The Kier molecular flexibility index (Phi) is 12.1. The largest absolute Gasteiger partial charge is 0.673 e. The molecule has 2 aromatic carbocycles. The molecular formula is C28H38BCoF4N2O2-. The van der Waals surface area contributed by atoms with Crippen LogP contribution in [-0.4, -0.2) is 42.0 Å². The predicted molar refractivity (Wildman–Crippen MR) is 145 cm³/mol. The molecule has 0 bridgehead atoms. The Hall–Kier alpha value is -2.33. The molecule has 2 aromatic rings. The number of halogens is 4. The summed E-state index contributed by atoms with van der Waals surface area (Å²) < 4.78 is 39.0. The van der Waals surface area contributed by atoms with Crippen LogP contribution >= 0.6 is 0 Å². The van der Waals surface area contributed by atoms with Gasteiger partial charge in [0.15, 0.2) is 0 Å². The minimum atomic E-state index is -6.00. The average molecular weight is 580 g/mol. The number of nitrogens with zero attached hydrogens (tertiary/aromatic N) is 2. The van der Waals surface area contributed by atoms with E-state index in [4.69, 9.17) is 9.98 Å². The van der Waals surface area contributed by atoms with Crippen LogP contribution in [0.25, 0.3) is 0 Å². The van der Waals surface area contributed by atoms with E-state index in [-0.39, 0.29) is 51.2 Å². The Morgan fingerprint density at radius 1 is 0.711 bits per heavy atom. The zero-order valence-corrected chi connectivity index (χ0v) is 23.9. The molecule has 0 amide bonds. The van der Waals surface area contributed by atoms with Crippen LogP contribution < -0.4 is 0 Å². The van der Waals surface area contributed by atoms with E-state index in [1.165, 1.54) is 11.1 Å². The quantitative estimate of drug-likeness (QED) is 0.220. The number of hydrogen-bond donors (Lipinski definition) is 2. The van der Waals surface area contributed by atoms with Crippen LogP contribution in [0.1, 0.15) is 89.5 Å². The summed E-state index contributed by atoms with van der Waals surface area (Å²) in [6.07, 6.45) is 7.83. The van der Waals surface area contributed by atoms with Crippen LogP contribution in [0.2, 0.25) is 0 Å². The third-order valence-electron chi connectivity index (χ3n) is 6.29. The maximum atomic E-state index is 10.3. The predicted octanol–water partition coefficient (Wildman–Crippen LogP) is 7.84. The average Bonchev–Trinajstić information content (AvgIpc) is 2.76. The Bertz CT molecular complexity index is 1020. The first kappa shape index (κ1) is 33.7. The Labute approximate surface area is 234 Å². The maximum Gasteiger partial charge on any atom is 0.673 e. The van der Waals surface area contributed by atoms with Gasteiger partial charge in [-0.2, -0.15) is 0 Å². The monoisotopic (exact) mass is 580 g/mol. The van der Waals surface area contributed by atoms with Gasteiger partial charge in [0.2, 0.25) is 0 Å². The van der Waals surface area contributed by atoms with E-state index in [1.54, 1.807) is 24.6 Å². The second-order valence-electron chi connectivity index (χ2n) is 11.5. The fraction of sp³-hybridized carbons (Fsp3) is 0.500. The molecule has 1 aliphatic carbocycles. The number of hydrogen-bond acceptors (Lipinski definition) is 4. The maximum absolute atomic E-state index is 10.3. The summed E-state index contributed by atoms with van der Waals surface area (Å²) in [5.41, 5.74) is 3.87. The van der Waals surface area contributed by atoms with Crippen molar-refractivity contribution in [3.05, 3.63) is 58.7 Å². The van der Waals surface area contributed by atoms with Gasteiger partial charge in [-0.05, 0) is 59.1 Å². The van der Waals surface area contributed by atoms with Crippen LogP contribution in [0.15, 0.2) is 46.4 Å². The molecule has 10 heteroatoms. The number of phenolic OH excluding ortho intramolecular Hbond substituents is 2. The van der Waals surface area contributed by atoms with E-state index in [0.717, 1.165) is 36.8 Å². The molecule has 1 fully saturated rings. The molecule has 0 spiro atoms. The van der Waals surface area contributed by atoms with Crippen molar-refractivity contribution < 1.29 is 44.3 Å². The molecule has 0 saturated heterocycles. The molecule has 0 aliphatic heterocycles. The van der Waals surface area contributed by atoms with Crippen molar-refractivity contribution in [2.75, 3.05) is 0 Å². The second-order valence-corrected chi connectivity index (χ2v) is 11.5. The van der Waals surface area contributed by atoms with Gasteiger partial charge in [0.25, 0.3) is 0 Å². The summed E-state index contributed by atoms with van der Waals surface area (Å²) in [7, 11) is -6.00. The summed E-state index contributed by atoms with van der Waals surface area (Å²) in [4.78, 5) is 9.70. The van der Waals surface area contributed by atoms with Crippen LogP contribution in [0, 0.1) is 0 Å². The fourth-order valence-electron chi connectivity index (χ4n) is 4.04. The van der Waals surface area contributed by atoms with Gasteiger partial charge in [0.1, 0.15) is 11.5 Å². The third-order valence-corrected chi connectivity index (χ3v) is 6.29. The second kappa shape index (κ2) is 13.6. The van der Waals surface area contributed by atoms with E-state index in [2.05, 4.69) is 41.5 Å². The van der Waals surface area contributed by atoms with Crippen LogP contribution in [0.4, 0.5) is 17.3 Å². The van der Waals surface area contributed by atoms with Crippen molar-refractivity contribution in [1.82, 2.24) is 0 Å². The fourth-order valence-corrected chi connectivity index (χ4v) is 4.04. The van der Waals surface area contributed by atoms with Gasteiger partial charge in [-0.1, -0.05) is 66.5 Å². The van der Waals surface area contributed by atoms with Crippen molar-refractivity contribution in [2.24, 2.45) is 9.98 Å². The van der Waals surface area contributed by atoms with Gasteiger partial charge in [0.05, 0.1) is 12.1 Å². The Morgan fingerprint density at radius 3 is 1.32 bits per heavy atom. The van der Waals surface area contributed by atoms with E-state index < -0.39 is 7.25 Å². The molecule has 3 rings (SSSR count). The summed E-state index contributed by atoms with van der Waals surface area (Å²) in [6.45, 7) is 13.0. The van der Waals surface area contributed by atoms with Gasteiger partial charge in [-0.15, -0.1) is 0 Å². The number of benzene rings is 2. The third kappa shape index (κ3) is 11.2. The van der Waals surface area contributed by atoms with E-state index in [0.29, 0.717) is 0 Å². The molecule has 2 N–H and O–H groups in total. The molecule has 1 radical (unpaired) electrons. The van der Waals surface area contributed by atoms with Crippen molar-refractivity contribution >= 4 is 19.7 Å². The number of rotatable bonds is 4. The van der Waals surface area contributed by atoms with Crippen LogP contribution in [0.3, 0.4) is 0 Å². The normalized spacial score (nSPS) is 18.7. The summed E-state index contributed by atoms with van der Waals surface area (Å²) in [6, 6.07) is 11.6. The van der Waals surface area contributed by atoms with Crippen molar-refractivity contribution in [3.63, 3.8) is 0 Å². The Morgan fingerprint density at radius 2 is 1.03 bits per heavy atom. The molecule has 213 valence electrons. The first-order valence-corrected chi connectivity index (χ1v) is 12.6. The molecule has 0 unspecified atom stereocenters.